The summed E-state index contributed by atoms with van der Waals surface area (Å²) in [6.07, 6.45) is 0. The van der Waals surface area contributed by atoms with Gasteiger partial charge in [0.25, 0.3) is 0 Å². The Bertz CT molecular complexity index is 2600. The Labute approximate surface area is 248 Å². The van der Waals surface area contributed by atoms with Crippen LogP contribution in [0, 0.1) is 0 Å². The van der Waals surface area contributed by atoms with E-state index in [1.807, 2.05) is 0 Å². The molecule has 10 rings (SSSR count). The lowest BCUT2D eigenvalue weighted by atomic mass is 9.88. The molecule has 1 aromatic heterocycles. The third-order valence-corrected chi connectivity index (χ3v) is 9.46. The molecule has 0 atom stereocenters. The molecule has 0 N–H and O–H groups in total. The average molecular weight is 544 g/mol. The number of nitrogens with zero attached hydrogens (tertiary/aromatic N) is 1. The normalized spacial score (nSPS) is 12.2. The molecule has 8 aromatic carbocycles. The fourth-order valence-electron chi connectivity index (χ4n) is 7.75. The number of fused-ring (bicyclic) bond motifs is 8. The minimum atomic E-state index is 1.18. The minimum Gasteiger partial charge on any atom is -0.309 e. The molecular formula is C42H25N. The molecule has 0 fully saturated rings. The van der Waals surface area contributed by atoms with Crippen LogP contribution in [-0.2, 0) is 0 Å². The van der Waals surface area contributed by atoms with Gasteiger partial charge in [0, 0.05) is 27.2 Å². The number of hydrogen-bond donors (Lipinski definition) is 0. The van der Waals surface area contributed by atoms with Gasteiger partial charge in [-0.1, -0.05) is 127 Å². The Morgan fingerprint density at radius 3 is 1.86 bits per heavy atom. The van der Waals surface area contributed by atoms with Gasteiger partial charge < -0.3 is 4.57 Å². The van der Waals surface area contributed by atoms with Gasteiger partial charge in [-0.25, -0.2) is 0 Å². The summed E-state index contributed by atoms with van der Waals surface area (Å²) in [5.74, 6) is 0. The average Bonchev–Trinajstić information content (AvgIpc) is 3.38. The van der Waals surface area contributed by atoms with Gasteiger partial charge in [-0.2, -0.15) is 0 Å². The molecule has 1 heterocycles. The van der Waals surface area contributed by atoms with Crippen molar-refractivity contribution >= 4 is 54.1 Å². The van der Waals surface area contributed by atoms with Crippen molar-refractivity contribution in [2.45, 2.75) is 0 Å². The maximum absolute atomic E-state index is 2.52. The number of aromatic nitrogens is 1. The Morgan fingerprint density at radius 1 is 0.349 bits per heavy atom. The van der Waals surface area contributed by atoms with Crippen LogP contribution in [-0.4, -0.2) is 4.57 Å². The molecule has 1 heteroatoms. The van der Waals surface area contributed by atoms with Crippen LogP contribution in [0.3, 0.4) is 0 Å². The molecule has 43 heavy (non-hydrogen) atoms. The van der Waals surface area contributed by atoms with E-state index in [1.54, 1.807) is 0 Å². The van der Waals surface area contributed by atoms with Crippen LogP contribution in [0.25, 0.3) is 93.2 Å². The molecule has 0 spiro atoms. The fourth-order valence-corrected chi connectivity index (χ4v) is 7.75. The topological polar surface area (TPSA) is 4.93 Å². The highest BCUT2D eigenvalue weighted by Crippen LogP contribution is 2.53. The van der Waals surface area contributed by atoms with Crippen LogP contribution in [0.1, 0.15) is 0 Å². The van der Waals surface area contributed by atoms with E-state index in [4.69, 9.17) is 0 Å². The second kappa shape index (κ2) is 8.44. The van der Waals surface area contributed by atoms with Crippen LogP contribution in [0.15, 0.2) is 152 Å². The first-order chi connectivity index (χ1) is 21.4. The lowest BCUT2D eigenvalue weighted by molar-refractivity contribution is 1.19. The quantitative estimate of drug-likeness (QED) is 0.191. The van der Waals surface area contributed by atoms with Gasteiger partial charge in [0.2, 0.25) is 0 Å². The standard InChI is InChI=1S/C42H25N/c1-2-12-26(13-3-1)27-15-10-16-29(24-27)43-37-23-11-22-33-31-18-6-7-19-32(31)36-25-28-14-4-5-17-30(28)38-34-20-8-9-21-35(34)42(43)41(39(33)37)40(36)38/h1-25H. The van der Waals surface area contributed by atoms with E-state index in [1.165, 1.54) is 93.2 Å². The van der Waals surface area contributed by atoms with Crippen molar-refractivity contribution in [2.24, 2.45) is 0 Å². The van der Waals surface area contributed by atoms with Crippen molar-refractivity contribution in [2.75, 3.05) is 0 Å². The van der Waals surface area contributed by atoms with Gasteiger partial charge >= 0.3 is 0 Å². The molecule has 1 nitrogen and oxygen atoms in total. The number of rotatable bonds is 2. The van der Waals surface area contributed by atoms with E-state index in [0.717, 1.165) is 0 Å². The van der Waals surface area contributed by atoms with Gasteiger partial charge in [0.1, 0.15) is 0 Å². The first kappa shape index (κ1) is 23.0. The zero-order valence-electron chi connectivity index (χ0n) is 23.4. The summed E-state index contributed by atoms with van der Waals surface area (Å²) in [5, 5.41) is 10.6. The third-order valence-electron chi connectivity index (χ3n) is 9.46. The van der Waals surface area contributed by atoms with Gasteiger partial charge in [0.05, 0.1) is 11.0 Å². The molecule has 0 amide bonds. The van der Waals surface area contributed by atoms with E-state index in [-0.39, 0.29) is 0 Å². The van der Waals surface area contributed by atoms with Crippen molar-refractivity contribution in [3.63, 3.8) is 0 Å². The maximum atomic E-state index is 2.52. The molecular weight excluding hydrogens is 518 g/mol. The van der Waals surface area contributed by atoms with Crippen LogP contribution in [0.4, 0.5) is 0 Å². The molecule has 0 radical (unpaired) electrons. The highest BCUT2D eigenvalue weighted by Gasteiger charge is 2.27. The molecule has 0 aliphatic heterocycles. The van der Waals surface area contributed by atoms with E-state index in [2.05, 4.69) is 156 Å². The smallest absolute Gasteiger partial charge is 0.0626 e. The lowest BCUT2D eigenvalue weighted by Gasteiger charge is -2.18. The van der Waals surface area contributed by atoms with Crippen molar-refractivity contribution in [1.29, 1.82) is 0 Å². The summed E-state index contributed by atoms with van der Waals surface area (Å²) in [6, 6.07) is 55.9. The molecule has 0 bridgehead atoms. The summed E-state index contributed by atoms with van der Waals surface area (Å²) in [5.41, 5.74) is 11.4. The van der Waals surface area contributed by atoms with E-state index in [9.17, 15) is 0 Å². The number of hydrogen-bond acceptors (Lipinski definition) is 0. The van der Waals surface area contributed by atoms with Crippen molar-refractivity contribution in [3.05, 3.63) is 152 Å². The Balaban J connectivity index is 1.51. The molecule has 0 saturated carbocycles. The van der Waals surface area contributed by atoms with Gasteiger partial charge in [-0.05, 0) is 79.2 Å². The maximum Gasteiger partial charge on any atom is 0.0626 e. The zero-order valence-corrected chi connectivity index (χ0v) is 23.4. The lowest BCUT2D eigenvalue weighted by Crippen LogP contribution is -1.97. The monoisotopic (exact) mass is 543 g/mol. The molecule has 9 aromatic rings. The van der Waals surface area contributed by atoms with E-state index < -0.39 is 0 Å². The summed E-state index contributed by atoms with van der Waals surface area (Å²) >= 11 is 0. The predicted molar refractivity (Wildman–Crippen MR) is 183 cm³/mol. The Kier molecular flexibility index (Phi) is 4.51. The zero-order chi connectivity index (χ0) is 28.1. The van der Waals surface area contributed by atoms with Crippen LogP contribution >= 0.6 is 0 Å². The first-order valence-corrected chi connectivity index (χ1v) is 15.0. The van der Waals surface area contributed by atoms with Crippen LogP contribution in [0.2, 0.25) is 0 Å². The van der Waals surface area contributed by atoms with E-state index >= 15 is 0 Å². The molecule has 0 unspecified atom stereocenters. The minimum absolute atomic E-state index is 1.18. The van der Waals surface area contributed by atoms with Gasteiger partial charge in [-0.3, -0.25) is 0 Å². The van der Waals surface area contributed by atoms with Crippen molar-refractivity contribution in [1.82, 2.24) is 4.57 Å². The second-order valence-electron chi connectivity index (χ2n) is 11.7. The highest BCUT2D eigenvalue weighted by atomic mass is 15.0. The second-order valence-corrected chi connectivity index (χ2v) is 11.7. The Hall–Kier alpha value is -5.66. The molecule has 0 saturated heterocycles. The van der Waals surface area contributed by atoms with Crippen LogP contribution < -0.4 is 0 Å². The first-order valence-electron chi connectivity index (χ1n) is 15.0. The molecule has 1 aliphatic rings. The largest absolute Gasteiger partial charge is 0.309 e. The number of benzene rings is 8. The SMILES string of the molecule is c1ccc(-c2cccc(-n3c4cccc5c4c4c6c(cc7ccccc7c6c6ccccc6c43)-c3ccccc3-5)c2)cc1. The predicted octanol–water partition coefficient (Wildman–Crippen LogP) is 11.6. The summed E-state index contributed by atoms with van der Waals surface area (Å²) in [7, 11) is 0. The van der Waals surface area contributed by atoms with Crippen LogP contribution in [0.5, 0.6) is 0 Å². The van der Waals surface area contributed by atoms with Crippen molar-refractivity contribution in [3.8, 4) is 39.1 Å². The highest BCUT2D eigenvalue weighted by molar-refractivity contribution is 6.41. The Morgan fingerprint density at radius 2 is 1.00 bits per heavy atom. The van der Waals surface area contributed by atoms with Crippen molar-refractivity contribution < 1.29 is 0 Å². The van der Waals surface area contributed by atoms with E-state index in [0.29, 0.717) is 0 Å². The summed E-state index contributed by atoms with van der Waals surface area (Å²) < 4.78 is 2.52. The molecule has 198 valence electrons. The summed E-state index contributed by atoms with van der Waals surface area (Å²) in [4.78, 5) is 0. The third kappa shape index (κ3) is 3.01. The van der Waals surface area contributed by atoms with Gasteiger partial charge in [-0.15, -0.1) is 0 Å². The summed E-state index contributed by atoms with van der Waals surface area (Å²) in [6.45, 7) is 0. The fraction of sp³-hybridized carbons (Fsp3) is 0. The van der Waals surface area contributed by atoms with Gasteiger partial charge in [0.15, 0.2) is 0 Å². The molecule has 1 aliphatic carbocycles.